The maximum absolute atomic E-state index is 10.8. The van der Waals surface area contributed by atoms with Crippen molar-refractivity contribution in [2.75, 3.05) is 0 Å². The molecule has 2 aromatic rings. The van der Waals surface area contributed by atoms with Gasteiger partial charge in [-0.15, -0.1) is 0 Å². The van der Waals surface area contributed by atoms with Crippen LogP contribution in [0.2, 0.25) is 0 Å². The van der Waals surface area contributed by atoms with E-state index < -0.39 is 6.10 Å². The van der Waals surface area contributed by atoms with Crippen molar-refractivity contribution >= 4 is 0 Å². The van der Waals surface area contributed by atoms with Crippen LogP contribution in [0, 0.1) is 13.8 Å². The number of aryl methyl sites for hydroxylation is 3. The molecule has 0 heterocycles. The van der Waals surface area contributed by atoms with Gasteiger partial charge in [-0.3, -0.25) is 0 Å². The van der Waals surface area contributed by atoms with E-state index in [1.165, 1.54) is 28.7 Å². The monoisotopic (exact) mass is 266 g/mol. The summed E-state index contributed by atoms with van der Waals surface area (Å²) in [7, 11) is 0. The third-order valence-electron chi connectivity index (χ3n) is 4.38. The van der Waals surface area contributed by atoms with Crippen LogP contribution >= 0.6 is 0 Å². The highest BCUT2D eigenvalue weighted by Crippen LogP contribution is 2.40. The minimum absolute atomic E-state index is 0.237. The lowest BCUT2D eigenvalue weighted by Gasteiger charge is -2.30. The molecule has 0 aromatic heterocycles. The first-order chi connectivity index (χ1) is 9.65. The standard InChI is InChI=1S/C19H22O/c1-13-10-14(2)12-16(11-13)19(20)18-9-5-7-15-6-3-4-8-17(15)18/h3-4,6,8,10-12,18-20H,5,7,9H2,1-2H3. The summed E-state index contributed by atoms with van der Waals surface area (Å²) in [4.78, 5) is 0. The first kappa shape index (κ1) is 13.4. The Kier molecular flexibility index (Phi) is 3.62. The van der Waals surface area contributed by atoms with E-state index in [0.29, 0.717) is 0 Å². The van der Waals surface area contributed by atoms with Gasteiger partial charge in [0, 0.05) is 5.92 Å². The number of rotatable bonds is 2. The Balaban J connectivity index is 1.97. The molecule has 1 nitrogen and oxygen atoms in total. The van der Waals surface area contributed by atoms with Gasteiger partial charge in [0.25, 0.3) is 0 Å². The van der Waals surface area contributed by atoms with Gasteiger partial charge in [-0.2, -0.15) is 0 Å². The van der Waals surface area contributed by atoms with Crippen molar-refractivity contribution in [2.24, 2.45) is 0 Å². The molecule has 1 aliphatic carbocycles. The lowest BCUT2D eigenvalue weighted by Crippen LogP contribution is -2.17. The molecule has 0 bridgehead atoms. The van der Waals surface area contributed by atoms with E-state index in [9.17, 15) is 5.11 Å². The molecule has 3 rings (SSSR count). The predicted molar refractivity (Wildman–Crippen MR) is 83.0 cm³/mol. The molecule has 0 saturated carbocycles. The third-order valence-corrected chi connectivity index (χ3v) is 4.38. The number of fused-ring (bicyclic) bond motifs is 1. The van der Waals surface area contributed by atoms with E-state index in [0.717, 1.165) is 18.4 Å². The van der Waals surface area contributed by atoms with Crippen molar-refractivity contribution in [1.82, 2.24) is 0 Å². The average Bonchev–Trinajstić information content (AvgIpc) is 2.45. The molecule has 0 aliphatic heterocycles. The predicted octanol–water partition coefficient (Wildman–Crippen LogP) is 4.46. The first-order valence-electron chi connectivity index (χ1n) is 7.49. The van der Waals surface area contributed by atoms with Crippen molar-refractivity contribution < 1.29 is 5.11 Å². The Morgan fingerprint density at radius 2 is 1.75 bits per heavy atom. The number of benzene rings is 2. The van der Waals surface area contributed by atoms with E-state index in [1.807, 2.05) is 0 Å². The van der Waals surface area contributed by atoms with Crippen LogP contribution in [0.3, 0.4) is 0 Å². The van der Waals surface area contributed by atoms with Crippen molar-refractivity contribution in [1.29, 1.82) is 0 Å². The van der Waals surface area contributed by atoms with E-state index in [4.69, 9.17) is 0 Å². The normalized spacial score (nSPS) is 19.4. The molecule has 104 valence electrons. The fraction of sp³-hybridized carbons (Fsp3) is 0.368. The zero-order valence-electron chi connectivity index (χ0n) is 12.3. The van der Waals surface area contributed by atoms with Crippen LogP contribution in [0.25, 0.3) is 0 Å². The summed E-state index contributed by atoms with van der Waals surface area (Å²) in [5.41, 5.74) is 6.26. The van der Waals surface area contributed by atoms with Gasteiger partial charge in [-0.1, -0.05) is 53.6 Å². The molecular weight excluding hydrogens is 244 g/mol. The molecule has 0 radical (unpaired) electrons. The Morgan fingerprint density at radius 3 is 2.50 bits per heavy atom. The summed E-state index contributed by atoms with van der Waals surface area (Å²) in [5.74, 6) is 0.237. The minimum Gasteiger partial charge on any atom is -0.388 e. The number of aliphatic hydroxyl groups is 1. The number of hydrogen-bond donors (Lipinski definition) is 1. The summed E-state index contributed by atoms with van der Waals surface area (Å²) in [6.45, 7) is 4.19. The van der Waals surface area contributed by atoms with Gasteiger partial charge in [0.2, 0.25) is 0 Å². The van der Waals surface area contributed by atoms with Crippen molar-refractivity contribution in [3.05, 3.63) is 70.3 Å². The van der Waals surface area contributed by atoms with Crippen LogP contribution in [0.15, 0.2) is 42.5 Å². The van der Waals surface area contributed by atoms with E-state index in [-0.39, 0.29) is 5.92 Å². The molecule has 2 aromatic carbocycles. The molecule has 0 amide bonds. The summed E-state index contributed by atoms with van der Waals surface area (Å²) in [5, 5.41) is 10.8. The van der Waals surface area contributed by atoms with Crippen molar-refractivity contribution in [3.8, 4) is 0 Å². The molecule has 0 spiro atoms. The average molecular weight is 266 g/mol. The van der Waals surface area contributed by atoms with E-state index in [2.05, 4.69) is 56.3 Å². The van der Waals surface area contributed by atoms with Crippen molar-refractivity contribution in [3.63, 3.8) is 0 Å². The van der Waals surface area contributed by atoms with Gasteiger partial charge in [-0.25, -0.2) is 0 Å². The number of hydrogen-bond acceptors (Lipinski definition) is 1. The topological polar surface area (TPSA) is 20.2 Å². The van der Waals surface area contributed by atoms with Gasteiger partial charge in [0.05, 0.1) is 6.10 Å². The fourth-order valence-electron chi connectivity index (χ4n) is 3.53. The summed E-state index contributed by atoms with van der Waals surface area (Å²) < 4.78 is 0. The smallest absolute Gasteiger partial charge is 0.0858 e. The second-order valence-corrected chi connectivity index (χ2v) is 6.06. The second kappa shape index (κ2) is 5.41. The van der Waals surface area contributed by atoms with E-state index >= 15 is 0 Å². The van der Waals surface area contributed by atoms with Gasteiger partial charge < -0.3 is 5.11 Å². The SMILES string of the molecule is Cc1cc(C)cc(C(O)C2CCCc3ccccc32)c1. The van der Waals surface area contributed by atoms with Gasteiger partial charge in [0.1, 0.15) is 0 Å². The molecule has 0 saturated heterocycles. The fourth-order valence-corrected chi connectivity index (χ4v) is 3.53. The maximum Gasteiger partial charge on any atom is 0.0858 e. The molecule has 1 aliphatic rings. The van der Waals surface area contributed by atoms with Gasteiger partial charge in [0.15, 0.2) is 0 Å². The van der Waals surface area contributed by atoms with Crippen LogP contribution in [0.4, 0.5) is 0 Å². The maximum atomic E-state index is 10.8. The highest BCUT2D eigenvalue weighted by molar-refractivity contribution is 5.37. The zero-order chi connectivity index (χ0) is 14.1. The zero-order valence-corrected chi connectivity index (χ0v) is 12.3. The third kappa shape index (κ3) is 2.51. The van der Waals surface area contributed by atoms with Crippen LogP contribution in [-0.4, -0.2) is 5.11 Å². The van der Waals surface area contributed by atoms with Crippen molar-refractivity contribution in [2.45, 2.75) is 45.1 Å². The highest BCUT2D eigenvalue weighted by Gasteiger charge is 2.27. The Bertz CT molecular complexity index is 595. The lowest BCUT2D eigenvalue weighted by molar-refractivity contribution is 0.136. The molecule has 2 unspecified atom stereocenters. The number of aliphatic hydroxyl groups excluding tert-OH is 1. The van der Waals surface area contributed by atoms with Gasteiger partial charge in [-0.05, 0) is 49.8 Å². The molecule has 1 N–H and O–H groups in total. The Labute approximate surface area is 121 Å². The van der Waals surface area contributed by atoms with E-state index in [1.54, 1.807) is 0 Å². The molecular formula is C19H22O. The first-order valence-corrected chi connectivity index (χ1v) is 7.49. The molecule has 2 atom stereocenters. The quantitative estimate of drug-likeness (QED) is 0.851. The second-order valence-electron chi connectivity index (χ2n) is 6.06. The molecule has 1 heteroatoms. The lowest BCUT2D eigenvalue weighted by atomic mass is 9.78. The molecule has 0 fully saturated rings. The van der Waals surface area contributed by atoms with Gasteiger partial charge >= 0.3 is 0 Å². The van der Waals surface area contributed by atoms with Crippen LogP contribution in [-0.2, 0) is 6.42 Å². The summed E-state index contributed by atoms with van der Waals surface area (Å²) >= 11 is 0. The summed E-state index contributed by atoms with van der Waals surface area (Å²) in [6, 6.07) is 15.0. The molecule has 20 heavy (non-hydrogen) atoms. The largest absolute Gasteiger partial charge is 0.388 e. The van der Waals surface area contributed by atoms with Crippen LogP contribution in [0.1, 0.15) is 52.7 Å². The highest BCUT2D eigenvalue weighted by atomic mass is 16.3. The van der Waals surface area contributed by atoms with Crippen LogP contribution < -0.4 is 0 Å². The minimum atomic E-state index is -0.393. The Morgan fingerprint density at radius 1 is 1.05 bits per heavy atom. The van der Waals surface area contributed by atoms with Crippen LogP contribution in [0.5, 0.6) is 0 Å². The Hall–Kier alpha value is -1.60. The summed E-state index contributed by atoms with van der Waals surface area (Å²) in [6.07, 6.45) is 3.00.